The fourth-order valence-electron chi connectivity index (χ4n) is 1.11. The molecule has 0 bridgehead atoms. The van der Waals surface area contributed by atoms with E-state index in [1.807, 2.05) is 6.92 Å². The number of Topliss-reactive ketones (excluding diaryl/α,β-unsaturated/α-hetero) is 1. The largest absolute Gasteiger partial charge is 0.468 e. The van der Waals surface area contributed by atoms with Crippen LogP contribution in [0.4, 0.5) is 0 Å². The predicted octanol–water partition coefficient (Wildman–Crippen LogP) is 0.377. The lowest BCUT2D eigenvalue weighted by Crippen LogP contribution is -2.37. The molecule has 86 valence electrons. The lowest BCUT2D eigenvalue weighted by atomic mass is 10.2. The minimum Gasteiger partial charge on any atom is -0.468 e. The summed E-state index contributed by atoms with van der Waals surface area (Å²) in [4.78, 5) is 34.6. The first-order valence-electron chi connectivity index (χ1n) is 4.85. The van der Waals surface area contributed by atoms with Crippen LogP contribution in [0.2, 0.25) is 0 Å². The zero-order valence-corrected chi connectivity index (χ0v) is 9.41. The van der Waals surface area contributed by atoms with Crippen LogP contribution in [0.15, 0.2) is 0 Å². The Labute approximate surface area is 89.4 Å². The lowest BCUT2D eigenvalue weighted by Gasteiger charge is -2.19. The van der Waals surface area contributed by atoms with E-state index in [0.29, 0.717) is 6.54 Å². The van der Waals surface area contributed by atoms with Crippen molar-refractivity contribution in [1.29, 1.82) is 0 Å². The van der Waals surface area contributed by atoms with Crippen molar-refractivity contribution in [1.82, 2.24) is 4.90 Å². The summed E-state index contributed by atoms with van der Waals surface area (Å²) >= 11 is 0. The fourth-order valence-corrected chi connectivity index (χ4v) is 1.11. The quantitative estimate of drug-likeness (QED) is 0.474. The molecule has 0 aromatic rings. The third kappa shape index (κ3) is 5.83. The number of hydrogen-bond donors (Lipinski definition) is 0. The minimum atomic E-state index is -0.472. The number of hydrogen-bond acceptors (Lipinski definition) is 4. The highest BCUT2D eigenvalue weighted by molar-refractivity contribution is 5.97. The molecule has 0 N–H and O–H groups in total. The molecule has 0 aromatic heterocycles. The topological polar surface area (TPSA) is 63.7 Å². The second-order valence-corrected chi connectivity index (χ2v) is 3.27. The van der Waals surface area contributed by atoms with Gasteiger partial charge in [0.1, 0.15) is 12.3 Å². The van der Waals surface area contributed by atoms with E-state index in [-0.39, 0.29) is 24.7 Å². The van der Waals surface area contributed by atoms with Gasteiger partial charge < -0.3 is 9.64 Å². The van der Waals surface area contributed by atoms with Crippen LogP contribution >= 0.6 is 0 Å². The number of ketones is 1. The Morgan fingerprint density at radius 2 is 1.87 bits per heavy atom. The van der Waals surface area contributed by atoms with E-state index in [1.54, 1.807) is 0 Å². The number of methoxy groups -OCH3 is 1. The van der Waals surface area contributed by atoms with Crippen LogP contribution in [0.3, 0.4) is 0 Å². The van der Waals surface area contributed by atoms with Gasteiger partial charge in [0, 0.05) is 6.54 Å². The Morgan fingerprint density at radius 3 is 2.27 bits per heavy atom. The van der Waals surface area contributed by atoms with Crippen LogP contribution in [0.1, 0.15) is 26.7 Å². The zero-order chi connectivity index (χ0) is 11.8. The van der Waals surface area contributed by atoms with Crippen LogP contribution in [0, 0.1) is 0 Å². The van der Waals surface area contributed by atoms with Crippen molar-refractivity contribution in [3.63, 3.8) is 0 Å². The molecule has 5 heteroatoms. The number of carbonyl (C=O) groups excluding carboxylic acids is 3. The van der Waals surface area contributed by atoms with Gasteiger partial charge in [0.15, 0.2) is 0 Å². The van der Waals surface area contributed by atoms with Crippen molar-refractivity contribution >= 4 is 17.7 Å². The number of amides is 1. The molecule has 0 fully saturated rings. The molecule has 5 nitrogen and oxygen atoms in total. The molecule has 0 aromatic carbocycles. The second-order valence-electron chi connectivity index (χ2n) is 3.27. The van der Waals surface area contributed by atoms with Crippen molar-refractivity contribution < 1.29 is 19.1 Å². The normalized spacial score (nSPS) is 9.53. The van der Waals surface area contributed by atoms with E-state index in [1.165, 1.54) is 18.9 Å². The van der Waals surface area contributed by atoms with Crippen molar-refractivity contribution in [3.8, 4) is 0 Å². The first kappa shape index (κ1) is 13.6. The molecule has 0 rings (SSSR count). The zero-order valence-electron chi connectivity index (χ0n) is 9.41. The Bertz CT molecular complexity index is 250. The second kappa shape index (κ2) is 6.98. The van der Waals surface area contributed by atoms with Crippen LogP contribution < -0.4 is 0 Å². The molecule has 15 heavy (non-hydrogen) atoms. The molecule has 0 aliphatic rings. The Kier molecular flexibility index (Phi) is 6.33. The van der Waals surface area contributed by atoms with Gasteiger partial charge in [0.25, 0.3) is 0 Å². The van der Waals surface area contributed by atoms with Crippen molar-refractivity contribution in [3.05, 3.63) is 0 Å². The highest BCUT2D eigenvalue weighted by Gasteiger charge is 2.17. The van der Waals surface area contributed by atoms with Gasteiger partial charge in [0.2, 0.25) is 5.91 Å². The molecule has 0 aliphatic heterocycles. The number of rotatable bonds is 6. The Morgan fingerprint density at radius 1 is 1.27 bits per heavy atom. The van der Waals surface area contributed by atoms with Crippen LogP contribution in [-0.4, -0.2) is 42.8 Å². The highest BCUT2D eigenvalue weighted by Crippen LogP contribution is 1.98. The summed E-state index contributed by atoms with van der Waals surface area (Å²) < 4.78 is 4.46. The van der Waals surface area contributed by atoms with Crippen LogP contribution in [0.5, 0.6) is 0 Å². The summed E-state index contributed by atoms with van der Waals surface area (Å²) in [6.07, 6.45) is 0.581. The Balaban J connectivity index is 4.30. The average molecular weight is 215 g/mol. The maximum atomic E-state index is 11.5. The smallest absolute Gasteiger partial charge is 0.325 e. The maximum absolute atomic E-state index is 11.5. The molecule has 0 unspecified atom stereocenters. The number of ether oxygens (including phenoxy) is 1. The molecule has 0 heterocycles. The monoisotopic (exact) mass is 215 g/mol. The first-order valence-corrected chi connectivity index (χ1v) is 4.85. The summed E-state index contributed by atoms with van der Waals surface area (Å²) in [7, 11) is 1.27. The third-order valence-corrected chi connectivity index (χ3v) is 1.79. The van der Waals surface area contributed by atoms with E-state index in [9.17, 15) is 14.4 Å². The molecule has 0 atom stereocenters. The van der Waals surface area contributed by atoms with E-state index in [0.717, 1.165) is 6.42 Å². The van der Waals surface area contributed by atoms with Gasteiger partial charge in [-0.3, -0.25) is 14.4 Å². The van der Waals surface area contributed by atoms with E-state index < -0.39 is 5.97 Å². The first-order chi connectivity index (χ1) is 7.01. The number of nitrogens with zero attached hydrogens (tertiary/aromatic N) is 1. The van der Waals surface area contributed by atoms with Crippen molar-refractivity contribution in [2.24, 2.45) is 0 Å². The third-order valence-electron chi connectivity index (χ3n) is 1.79. The van der Waals surface area contributed by atoms with Gasteiger partial charge in [-0.25, -0.2) is 0 Å². The van der Waals surface area contributed by atoms with Gasteiger partial charge in [-0.05, 0) is 13.3 Å². The molecule has 0 aliphatic carbocycles. The maximum Gasteiger partial charge on any atom is 0.325 e. The standard InChI is InChI=1S/C10H17NO4/c1-4-5-11(7-10(14)15-3)9(13)6-8(2)12/h4-7H2,1-3H3. The van der Waals surface area contributed by atoms with Crippen LogP contribution in [0.25, 0.3) is 0 Å². The number of esters is 1. The summed E-state index contributed by atoms with van der Waals surface area (Å²) in [5, 5.41) is 0. The summed E-state index contributed by atoms with van der Waals surface area (Å²) in [6.45, 7) is 3.61. The highest BCUT2D eigenvalue weighted by atomic mass is 16.5. The molecular weight excluding hydrogens is 198 g/mol. The predicted molar refractivity (Wildman–Crippen MR) is 54.2 cm³/mol. The summed E-state index contributed by atoms with van der Waals surface area (Å²) in [6, 6.07) is 0. The Hall–Kier alpha value is -1.39. The summed E-state index contributed by atoms with van der Waals surface area (Å²) in [5.74, 6) is -0.999. The van der Waals surface area contributed by atoms with Crippen LogP contribution in [-0.2, 0) is 19.1 Å². The molecule has 0 radical (unpaired) electrons. The summed E-state index contributed by atoms with van der Waals surface area (Å²) in [5.41, 5.74) is 0. The molecule has 0 spiro atoms. The van der Waals surface area contributed by atoms with Gasteiger partial charge in [-0.15, -0.1) is 0 Å². The fraction of sp³-hybridized carbons (Fsp3) is 0.700. The molecule has 0 saturated heterocycles. The molecule has 0 saturated carbocycles. The number of carbonyl (C=O) groups is 3. The minimum absolute atomic E-state index is 0.0869. The van der Waals surface area contributed by atoms with Gasteiger partial charge >= 0.3 is 5.97 Å². The van der Waals surface area contributed by atoms with Crippen molar-refractivity contribution in [2.45, 2.75) is 26.7 Å². The molecule has 1 amide bonds. The molecular formula is C10H17NO4. The van der Waals surface area contributed by atoms with Gasteiger partial charge in [0.05, 0.1) is 13.5 Å². The van der Waals surface area contributed by atoms with E-state index >= 15 is 0 Å². The SMILES string of the molecule is CCCN(CC(=O)OC)C(=O)CC(C)=O. The van der Waals surface area contributed by atoms with Crippen molar-refractivity contribution in [2.75, 3.05) is 20.2 Å². The van der Waals surface area contributed by atoms with E-state index in [4.69, 9.17) is 0 Å². The van der Waals surface area contributed by atoms with E-state index in [2.05, 4.69) is 4.74 Å². The average Bonchev–Trinajstić information content (AvgIpc) is 2.15. The van der Waals surface area contributed by atoms with Gasteiger partial charge in [-0.1, -0.05) is 6.92 Å². The van der Waals surface area contributed by atoms with Gasteiger partial charge in [-0.2, -0.15) is 0 Å². The lowest BCUT2D eigenvalue weighted by molar-refractivity contribution is -0.147.